The van der Waals surface area contributed by atoms with Crippen molar-refractivity contribution in [2.24, 2.45) is 0 Å². The van der Waals surface area contributed by atoms with Gasteiger partial charge in [-0.25, -0.2) is 0 Å². The van der Waals surface area contributed by atoms with Crippen molar-refractivity contribution in [2.75, 3.05) is 6.54 Å². The van der Waals surface area contributed by atoms with Crippen molar-refractivity contribution in [3.63, 3.8) is 0 Å². The predicted octanol–water partition coefficient (Wildman–Crippen LogP) is 2.86. The third kappa shape index (κ3) is 6.60. The van der Waals surface area contributed by atoms with E-state index < -0.39 is 0 Å². The normalized spacial score (nSPS) is 12.2. The topological polar surface area (TPSA) is 49.3 Å². The number of carbonyl (C=O) groups excluding carboxylic acids is 1. The monoisotopic (exact) mass is 283 g/mol. The minimum atomic E-state index is -0.299. The van der Waals surface area contributed by atoms with Crippen LogP contribution in [0.25, 0.3) is 0 Å². The molecule has 0 aliphatic carbocycles. The molecule has 1 rings (SSSR count). The van der Waals surface area contributed by atoms with E-state index in [4.69, 9.17) is 16.7 Å². The molecule has 0 bridgehead atoms. The number of carbonyl (C=O) groups is 1. The van der Waals surface area contributed by atoms with Crippen molar-refractivity contribution < 1.29 is 9.90 Å². The summed E-state index contributed by atoms with van der Waals surface area (Å²) in [5, 5.41) is 12.7. The summed E-state index contributed by atoms with van der Waals surface area (Å²) >= 11 is 6.04. The molecular formula is C15H22ClNO2. The van der Waals surface area contributed by atoms with E-state index in [1.54, 1.807) is 6.92 Å². The number of hydrogen-bond donors (Lipinski definition) is 2. The van der Waals surface area contributed by atoms with Gasteiger partial charge in [0.1, 0.15) is 0 Å². The summed E-state index contributed by atoms with van der Waals surface area (Å²) in [7, 11) is 0. The lowest BCUT2D eigenvalue weighted by atomic mass is 10.1. The first kappa shape index (κ1) is 16.0. The molecule has 0 aliphatic rings. The third-order valence-electron chi connectivity index (χ3n) is 3.00. The Morgan fingerprint density at radius 2 is 2.21 bits per heavy atom. The molecule has 1 unspecified atom stereocenters. The van der Waals surface area contributed by atoms with Crippen molar-refractivity contribution in [3.8, 4) is 0 Å². The molecule has 0 saturated carbocycles. The molecule has 0 heterocycles. The molecule has 1 aromatic rings. The van der Waals surface area contributed by atoms with Gasteiger partial charge in [-0.1, -0.05) is 23.7 Å². The van der Waals surface area contributed by atoms with E-state index in [0.717, 1.165) is 22.6 Å². The predicted molar refractivity (Wildman–Crippen MR) is 78.4 cm³/mol. The summed E-state index contributed by atoms with van der Waals surface area (Å²) in [6, 6.07) is 5.89. The van der Waals surface area contributed by atoms with Crippen LogP contribution in [-0.2, 0) is 11.2 Å². The van der Waals surface area contributed by atoms with Crippen molar-refractivity contribution in [1.29, 1.82) is 0 Å². The summed E-state index contributed by atoms with van der Waals surface area (Å²) in [5.74, 6) is 0.0438. The van der Waals surface area contributed by atoms with Crippen molar-refractivity contribution in [2.45, 2.75) is 45.6 Å². The standard InChI is InChI=1S/C15H22ClNO2/c1-11-5-6-13(10-14(11)16)7-8-15(19)17-9-3-4-12(2)18/h5-6,10,12,18H,3-4,7-9H2,1-2H3,(H,17,19). The maximum absolute atomic E-state index is 11.6. The molecule has 106 valence electrons. The second kappa shape index (κ2) is 8.18. The zero-order chi connectivity index (χ0) is 14.3. The van der Waals surface area contributed by atoms with Gasteiger partial charge in [0.25, 0.3) is 0 Å². The number of nitrogens with one attached hydrogen (secondary N) is 1. The van der Waals surface area contributed by atoms with Crippen LogP contribution >= 0.6 is 11.6 Å². The SMILES string of the molecule is Cc1ccc(CCC(=O)NCCCC(C)O)cc1Cl. The third-order valence-corrected chi connectivity index (χ3v) is 3.41. The second-order valence-corrected chi connectivity index (χ2v) is 5.33. The molecule has 1 atom stereocenters. The molecule has 1 amide bonds. The van der Waals surface area contributed by atoms with E-state index in [9.17, 15) is 4.79 Å². The average Bonchev–Trinajstić information content (AvgIpc) is 2.36. The van der Waals surface area contributed by atoms with Crippen LogP contribution in [0.4, 0.5) is 0 Å². The first-order valence-electron chi connectivity index (χ1n) is 6.69. The first-order valence-corrected chi connectivity index (χ1v) is 7.06. The van der Waals surface area contributed by atoms with Crippen LogP contribution in [-0.4, -0.2) is 23.7 Å². The Kier molecular flexibility index (Phi) is 6.89. The fourth-order valence-electron chi connectivity index (χ4n) is 1.76. The Morgan fingerprint density at radius 3 is 2.84 bits per heavy atom. The van der Waals surface area contributed by atoms with Crippen LogP contribution in [0.5, 0.6) is 0 Å². The highest BCUT2D eigenvalue weighted by Gasteiger charge is 2.04. The first-order chi connectivity index (χ1) is 8.99. The van der Waals surface area contributed by atoms with Crippen LogP contribution in [0, 0.1) is 6.92 Å². The summed E-state index contributed by atoms with van der Waals surface area (Å²) < 4.78 is 0. The fourth-order valence-corrected chi connectivity index (χ4v) is 1.97. The van der Waals surface area contributed by atoms with Crippen LogP contribution in [0.15, 0.2) is 18.2 Å². The zero-order valence-corrected chi connectivity index (χ0v) is 12.3. The molecule has 2 N–H and O–H groups in total. The number of aliphatic hydroxyl groups is 1. The second-order valence-electron chi connectivity index (χ2n) is 4.92. The van der Waals surface area contributed by atoms with Gasteiger partial charge in [-0.3, -0.25) is 4.79 Å². The Balaban J connectivity index is 2.24. The summed E-state index contributed by atoms with van der Waals surface area (Å²) in [6.45, 7) is 4.34. The summed E-state index contributed by atoms with van der Waals surface area (Å²) in [5.41, 5.74) is 2.13. The average molecular weight is 284 g/mol. The van der Waals surface area contributed by atoms with Gasteiger partial charge in [-0.2, -0.15) is 0 Å². The maximum atomic E-state index is 11.6. The maximum Gasteiger partial charge on any atom is 0.220 e. The molecular weight excluding hydrogens is 262 g/mol. The highest BCUT2D eigenvalue weighted by atomic mass is 35.5. The Morgan fingerprint density at radius 1 is 1.47 bits per heavy atom. The van der Waals surface area contributed by atoms with E-state index in [-0.39, 0.29) is 12.0 Å². The van der Waals surface area contributed by atoms with Gasteiger partial charge in [0.05, 0.1) is 6.10 Å². The van der Waals surface area contributed by atoms with Crippen molar-refractivity contribution >= 4 is 17.5 Å². The molecule has 1 aromatic carbocycles. The van der Waals surface area contributed by atoms with Crippen LogP contribution in [0.1, 0.15) is 37.3 Å². The van der Waals surface area contributed by atoms with E-state index in [1.165, 1.54) is 0 Å². The highest BCUT2D eigenvalue weighted by molar-refractivity contribution is 6.31. The molecule has 0 spiro atoms. The van der Waals surface area contributed by atoms with E-state index >= 15 is 0 Å². The number of aliphatic hydroxyl groups excluding tert-OH is 1. The molecule has 4 heteroatoms. The molecule has 3 nitrogen and oxygen atoms in total. The molecule has 0 aromatic heterocycles. The molecule has 0 aliphatic heterocycles. The van der Waals surface area contributed by atoms with Gasteiger partial charge in [0, 0.05) is 18.0 Å². The van der Waals surface area contributed by atoms with Gasteiger partial charge in [0.15, 0.2) is 0 Å². The van der Waals surface area contributed by atoms with Gasteiger partial charge >= 0.3 is 0 Å². The quantitative estimate of drug-likeness (QED) is 0.756. The molecule has 0 saturated heterocycles. The van der Waals surface area contributed by atoms with Crippen molar-refractivity contribution in [1.82, 2.24) is 5.32 Å². The number of rotatable bonds is 7. The number of halogens is 1. The van der Waals surface area contributed by atoms with E-state index in [1.807, 2.05) is 25.1 Å². The lowest BCUT2D eigenvalue weighted by Gasteiger charge is -2.07. The number of benzene rings is 1. The highest BCUT2D eigenvalue weighted by Crippen LogP contribution is 2.17. The Labute approximate surface area is 120 Å². The number of amides is 1. The van der Waals surface area contributed by atoms with Crippen LogP contribution < -0.4 is 5.32 Å². The van der Waals surface area contributed by atoms with Gasteiger partial charge in [-0.05, 0) is 50.3 Å². The minimum absolute atomic E-state index is 0.0438. The number of hydrogen-bond acceptors (Lipinski definition) is 2. The molecule has 0 fully saturated rings. The fraction of sp³-hybridized carbons (Fsp3) is 0.533. The van der Waals surface area contributed by atoms with Gasteiger partial charge < -0.3 is 10.4 Å². The molecule has 19 heavy (non-hydrogen) atoms. The lowest BCUT2D eigenvalue weighted by Crippen LogP contribution is -2.25. The Hall–Kier alpha value is -1.06. The summed E-state index contributed by atoms with van der Waals surface area (Å²) in [4.78, 5) is 11.6. The minimum Gasteiger partial charge on any atom is -0.393 e. The van der Waals surface area contributed by atoms with Crippen LogP contribution in [0.2, 0.25) is 5.02 Å². The van der Waals surface area contributed by atoms with Crippen LogP contribution in [0.3, 0.4) is 0 Å². The smallest absolute Gasteiger partial charge is 0.220 e. The summed E-state index contributed by atoms with van der Waals surface area (Å²) in [6.07, 6.45) is 2.39. The van der Waals surface area contributed by atoms with Gasteiger partial charge in [-0.15, -0.1) is 0 Å². The number of aryl methyl sites for hydroxylation is 2. The van der Waals surface area contributed by atoms with E-state index in [0.29, 0.717) is 25.8 Å². The largest absolute Gasteiger partial charge is 0.393 e. The van der Waals surface area contributed by atoms with E-state index in [2.05, 4.69) is 5.32 Å². The zero-order valence-electron chi connectivity index (χ0n) is 11.6. The molecule has 0 radical (unpaired) electrons. The van der Waals surface area contributed by atoms with Crippen molar-refractivity contribution in [3.05, 3.63) is 34.3 Å². The lowest BCUT2D eigenvalue weighted by molar-refractivity contribution is -0.121. The van der Waals surface area contributed by atoms with Gasteiger partial charge in [0.2, 0.25) is 5.91 Å². The Bertz CT molecular complexity index is 419.